The fourth-order valence-electron chi connectivity index (χ4n) is 2.49. The molecule has 0 radical (unpaired) electrons. The first kappa shape index (κ1) is 22.1. The van der Waals surface area contributed by atoms with Gasteiger partial charge in [-0.2, -0.15) is 0 Å². The molecule has 7 heteroatoms. The topological polar surface area (TPSA) is 54.9 Å². The van der Waals surface area contributed by atoms with Gasteiger partial charge < -0.3 is 20.1 Å². The Morgan fingerprint density at radius 1 is 1.40 bits per heavy atom. The van der Waals surface area contributed by atoms with Gasteiger partial charge in [0.05, 0.1) is 19.3 Å². The van der Waals surface area contributed by atoms with Gasteiger partial charge in [0.2, 0.25) is 0 Å². The highest BCUT2D eigenvalue weighted by Gasteiger charge is 2.15. The maximum atomic E-state index is 13.3. The maximum Gasteiger partial charge on any atom is 0.191 e. The molecule has 1 atom stereocenters. The third-order valence-corrected chi connectivity index (χ3v) is 3.84. The second kappa shape index (κ2) is 12.4. The molecule has 1 aliphatic rings. The van der Waals surface area contributed by atoms with Crippen molar-refractivity contribution in [3.63, 3.8) is 0 Å². The van der Waals surface area contributed by atoms with Gasteiger partial charge in [-0.15, -0.1) is 24.0 Å². The third kappa shape index (κ3) is 8.33. The summed E-state index contributed by atoms with van der Waals surface area (Å²) in [5.41, 5.74) is 1.64. The molecule has 5 nitrogen and oxygen atoms in total. The lowest BCUT2D eigenvalue weighted by Crippen LogP contribution is -2.38. The summed E-state index contributed by atoms with van der Waals surface area (Å²) >= 11 is 0. The Bertz CT molecular complexity index is 537. The van der Waals surface area contributed by atoms with Crippen LogP contribution in [-0.2, 0) is 16.0 Å². The fourth-order valence-corrected chi connectivity index (χ4v) is 2.49. The summed E-state index contributed by atoms with van der Waals surface area (Å²) in [7, 11) is 0. The van der Waals surface area contributed by atoms with Crippen LogP contribution < -0.4 is 10.6 Å². The number of aliphatic imine (C=N–C) groups is 1. The molecule has 1 aliphatic heterocycles. The minimum absolute atomic E-state index is 0. The summed E-state index contributed by atoms with van der Waals surface area (Å²) in [5.74, 6) is 0.587. The Balaban J connectivity index is 0.00000312. The minimum atomic E-state index is -0.180. The SMILES string of the molecule is CCNC(=NCc1ccc(F)c(C)c1)NCCCOC1CCOC1.I. The molecule has 0 saturated carbocycles. The molecule has 2 N–H and O–H groups in total. The highest BCUT2D eigenvalue weighted by molar-refractivity contribution is 14.0. The second-order valence-electron chi connectivity index (χ2n) is 5.92. The predicted molar refractivity (Wildman–Crippen MR) is 109 cm³/mol. The predicted octanol–water partition coefficient (Wildman–Crippen LogP) is 3.00. The molecule has 1 aromatic rings. The molecule has 1 heterocycles. The summed E-state index contributed by atoms with van der Waals surface area (Å²) < 4.78 is 24.3. The van der Waals surface area contributed by atoms with Crippen LogP contribution in [0.3, 0.4) is 0 Å². The molecular weight excluding hydrogens is 436 g/mol. The molecule has 0 amide bonds. The Morgan fingerprint density at radius 2 is 2.24 bits per heavy atom. The van der Waals surface area contributed by atoms with E-state index < -0.39 is 0 Å². The molecule has 1 saturated heterocycles. The quantitative estimate of drug-likeness (QED) is 0.268. The van der Waals surface area contributed by atoms with Crippen molar-refractivity contribution in [1.29, 1.82) is 0 Å². The molecule has 0 spiro atoms. The average molecular weight is 465 g/mol. The van der Waals surface area contributed by atoms with E-state index >= 15 is 0 Å². The van der Waals surface area contributed by atoms with Gasteiger partial charge in [-0.05, 0) is 43.9 Å². The van der Waals surface area contributed by atoms with Crippen molar-refractivity contribution < 1.29 is 13.9 Å². The number of aryl methyl sites for hydroxylation is 1. The molecule has 0 aliphatic carbocycles. The van der Waals surface area contributed by atoms with Crippen molar-refractivity contribution >= 4 is 29.9 Å². The van der Waals surface area contributed by atoms with Crippen molar-refractivity contribution in [3.8, 4) is 0 Å². The molecule has 1 aromatic carbocycles. The summed E-state index contributed by atoms with van der Waals surface area (Å²) in [4.78, 5) is 4.54. The highest BCUT2D eigenvalue weighted by Crippen LogP contribution is 2.10. The van der Waals surface area contributed by atoms with E-state index in [0.717, 1.165) is 50.7 Å². The number of benzene rings is 1. The van der Waals surface area contributed by atoms with Crippen molar-refractivity contribution in [3.05, 3.63) is 35.1 Å². The lowest BCUT2D eigenvalue weighted by molar-refractivity contribution is 0.0420. The van der Waals surface area contributed by atoms with Crippen LogP contribution in [0.5, 0.6) is 0 Å². The van der Waals surface area contributed by atoms with Gasteiger partial charge in [0.15, 0.2) is 5.96 Å². The zero-order valence-corrected chi connectivity index (χ0v) is 17.3. The van der Waals surface area contributed by atoms with E-state index in [1.165, 1.54) is 6.07 Å². The second-order valence-corrected chi connectivity index (χ2v) is 5.92. The van der Waals surface area contributed by atoms with E-state index in [1.54, 1.807) is 13.0 Å². The Morgan fingerprint density at radius 3 is 2.92 bits per heavy atom. The minimum Gasteiger partial charge on any atom is -0.379 e. The van der Waals surface area contributed by atoms with Gasteiger partial charge in [0.1, 0.15) is 5.82 Å². The van der Waals surface area contributed by atoms with Gasteiger partial charge >= 0.3 is 0 Å². The standard InChI is InChI=1S/C18H28FN3O2.HI/c1-3-20-18(21-8-4-9-24-16-7-10-23-13-16)22-12-15-5-6-17(19)14(2)11-15;/h5-6,11,16H,3-4,7-10,12-13H2,1-2H3,(H2,20,21,22);1H. The third-order valence-electron chi connectivity index (χ3n) is 3.84. The van der Waals surface area contributed by atoms with E-state index in [2.05, 4.69) is 15.6 Å². The molecule has 0 bridgehead atoms. The Kier molecular flexibility index (Phi) is 11.0. The zero-order valence-electron chi connectivity index (χ0n) is 15.0. The number of nitrogens with one attached hydrogen (secondary N) is 2. The van der Waals surface area contributed by atoms with Crippen molar-refractivity contribution in [2.24, 2.45) is 4.99 Å². The zero-order chi connectivity index (χ0) is 17.2. The molecule has 0 aromatic heterocycles. The first-order chi connectivity index (χ1) is 11.7. The lowest BCUT2D eigenvalue weighted by Gasteiger charge is -2.13. The Hall–Kier alpha value is -0.930. The number of nitrogens with zero attached hydrogens (tertiary/aromatic N) is 1. The largest absolute Gasteiger partial charge is 0.379 e. The van der Waals surface area contributed by atoms with E-state index in [9.17, 15) is 4.39 Å². The molecular formula is C18H29FIN3O2. The average Bonchev–Trinajstić information content (AvgIpc) is 3.08. The van der Waals surface area contributed by atoms with Crippen LogP contribution in [0, 0.1) is 12.7 Å². The summed E-state index contributed by atoms with van der Waals surface area (Å²) in [6.45, 7) is 8.15. The highest BCUT2D eigenvalue weighted by atomic mass is 127. The number of guanidine groups is 1. The Labute approximate surface area is 166 Å². The number of rotatable bonds is 8. The van der Waals surface area contributed by atoms with Crippen molar-refractivity contribution in [2.45, 2.75) is 39.3 Å². The van der Waals surface area contributed by atoms with Crippen LogP contribution in [-0.4, -0.2) is 45.0 Å². The van der Waals surface area contributed by atoms with Gasteiger partial charge in [0.25, 0.3) is 0 Å². The van der Waals surface area contributed by atoms with E-state index in [-0.39, 0.29) is 35.9 Å². The molecule has 1 unspecified atom stereocenters. The van der Waals surface area contributed by atoms with Crippen LogP contribution in [0.15, 0.2) is 23.2 Å². The number of hydrogen-bond donors (Lipinski definition) is 2. The van der Waals surface area contributed by atoms with E-state index in [1.807, 2.05) is 13.0 Å². The van der Waals surface area contributed by atoms with Crippen LogP contribution in [0.1, 0.15) is 30.9 Å². The van der Waals surface area contributed by atoms with Gasteiger partial charge in [-0.1, -0.05) is 12.1 Å². The fraction of sp³-hybridized carbons (Fsp3) is 0.611. The molecule has 2 rings (SSSR count). The van der Waals surface area contributed by atoms with E-state index in [0.29, 0.717) is 18.7 Å². The first-order valence-corrected chi connectivity index (χ1v) is 8.65. The first-order valence-electron chi connectivity index (χ1n) is 8.65. The van der Waals surface area contributed by atoms with Crippen molar-refractivity contribution in [2.75, 3.05) is 32.9 Å². The van der Waals surface area contributed by atoms with Crippen LogP contribution in [0.4, 0.5) is 4.39 Å². The van der Waals surface area contributed by atoms with Crippen LogP contribution in [0.2, 0.25) is 0 Å². The monoisotopic (exact) mass is 465 g/mol. The lowest BCUT2D eigenvalue weighted by atomic mass is 10.1. The molecule has 25 heavy (non-hydrogen) atoms. The normalized spacial score (nSPS) is 17.2. The van der Waals surface area contributed by atoms with E-state index in [4.69, 9.17) is 9.47 Å². The van der Waals surface area contributed by atoms with Gasteiger partial charge in [-0.25, -0.2) is 9.38 Å². The van der Waals surface area contributed by atoms with Crippen LogP contribution >= 0.6 is 24.0 Å². The molecule has 142 valence electrons. The van der Waals surface area contributed by atoms with Crippen molar-refractivity contribution in [1.82, 2.24) is 10.6 Å². The summed E-state index contributed by atoms with van der Waals surface area (Å²) in [5, 5.41) is 6.51. The maximum absolute atomic E-state index is 13.3. The molecule has 1 fully saturated rings. The number of hydrogen-bond acceptors (Lipinski definition) is 3. The van der Waals surface area contributed by atoms with Gasteiger partial charge in [-0.3, -0.25) is 0 Å². The van der Waals surface area contributed by atoms with Crippen LogP contribution in [0.25, 0.3) is 0 Å². The number of ether oxygens (including phenoxy) is 2. The number of halogens is 2. The summed E-state index contributed by atoms with van der Waals surface area (Å²) in [6.07, 6.45) is 2.17. The summed E-state index contributed by atoms with van der Waals surface area (Å²) in [6, 6.07) is 5.09. The van der Waals surface area contributed by atoms with Gasteiger partial charge in [0, 0.05) is 26.3 Å². The smallest absolute Gasteiger partial charge is 0.191 e.